The summed E-state index contributed by atoms with van der Waals surface area (Å²) in [4.78, 5) is 0. The van der Waals surface area contributed by atoms with E-state index < -0.39 is 0 Å². The lowest BCUT2D eigenvalue weighted by Crippen LogP contribution is -1.97. The van der Waals surface area contributed by atoms with E-state index in [9.17, 15) is 0 Å². The number of hydrogen-bond acceptors (Lipinski definition) is 0. The van der Waals surface area contributed by atoms with Crippen LogP contribution in [0.3, 0.4) is 0 Å². The third-order valence-corrected chi connectivity index (χ3v) is 3.51. The van der Waals surface area contributed by atoms with Gasteiger partial charge in [0, 0.05) is 18.0 Å². The monoisotopic (exact) mass is 259 g/mol. The fourth-order valence-corrected chi connectivity index (χ4v) is 2.36. The summed E-state index contributed by atoms with van der Waals surface area (Å²) in [5.41, 5.74) is 5.79. The van der Waals surface area contributed by atoms with Gasteiger partial charge in [-0.15, -0.1) is 0 Å². The van der Waals surface area contributed by atoms with E-state index in [4.69, 9.17) is 0 Å². The zero-order valence-electron chi connectivity index (χ0n) is 11.6. The Morgan fingerprint density at radius 3 is 2.20 bits per heavy atom. The summed E-state index contributed by atoms with van der Waals surface area (Å²) < 4.78 is 2.12. The molecule has 1 heteroatoms. The predicted molar refractivity (Wildman–Crippen MR) is 85.1 cm³/mol. The second-order valence-electron chi connectivity index (χ2n) is 4.95. The molecule has 0 radical (unpaired) electrons. The number of hydrogen-bond donors (Lipinski definition) is 0. The first-order valence-corrected chi connectivity index (χ1v) is 6.74. The first-order valence-electron chi connectivity index (χ1n) is 6.74. The van der Waals surface area contributed by atoms with Crippen molar-refractivity contribution in [2.75, 3.05) is 0 Å². The summed E-state index contributed by atoms with van der Waals surface area (Å²) in [6.07, 6.45) is 4.11. The van der Waals surface area contributed by atoms with Gasteiger partial charge in [-0.05, 0) is 36.3 Å². The van der Waals surface area contributed by atoms with Gasteiger partial charge >= 0.3 is 0 Å². The number of aromatic nitrogens is 1. The number of benzene rings is 2. The van der Waals surface area contributed by atoms with Crippen molar-refractivity contribution >= 4 is 5.57 Å². The Balaban J connectivity index is 2.06. The molecule has 3 rings (SSSR count). The number of aryl methyl sites for hydroxylation is 1. The van der Waals surface area contributed by atoms with Crippen LogP contribution in [0.4, 0.5) is 0 Å². The summed E-state index contributed by atoms with van der Waals surface area (Å²) in [6.45, 7) is 6.38. The van der Waals surface area contributed by atoms with Crippen molar-refractivity contribution in [3.05, 3.63) is 96.3 Å². The molecule has 1 heterocycles. The largest absolute Gasteiger partial charge is 0.323 e. The Morgan fingerprint density at radius 1 is 0.850 bits per heavy atom. The Labute approximate surface area is 119 Å². The molecule has 0 aliphatic rings. The van der Waals surface area contributed by atoms with Crippen molar-refractivity contribution in [2.45, 2.75) is 6.92 Å². The maximum absolute atomic E-state index is 4.28. The van der Waals surface area contributed by atoms with Crippen molar-refractivity contribution in [1.29, 1.82) is 0 Å². The third-order valence-electron chi connectivity index (χ3n) is 3.51. The van der Waals surface area contributed by atoms with Gasteiger partial charge < -0.3 is 4.57 Å². The highest BCUT2D eigenvalue weighted by atomic mass is 14.9. The van der Waals surface area contributed by atoms with Gasteiger partial charge in [0.05, 0.1) is 5.69 Å². The van der Waals surface area contributed by atoms with Crippen molar-refractivity contribution in [3.8, 4) is 5.69 Å². The quantitative estimate of drug-likeness (QED) is 0.634. The molecular formula is C19H17N. The fraction of sp³-hybridized carbons (Fsp3) is 0.0526. The minimum atomic E-state index is 1.05. The van der Waals surface area contributed by atoms with E-state index in [-0.39, 0.29) is 0 Å². The average molecular weight is 259 g/mol. The van der Waals surface area contributed by atoms with Crippen LogP contribution in [0, 0.1) is 6.92 Å². The summed E-state index contributed by atoms with van der Waals surface area (Å²) >= 11 is 0. The Morgan fingerprint density at radius 2 is 1.50 bits per heavy atom. The molecule has 1 nitrogen and oxygen atoms in total. The molecule has 0 N–H and O–H groups in total. The maximum atomic E-state index is 4.28. The van der Waals surface area contributed by atoms with Crippen LogP contribution in [0.15, 0.2) is 79.6 Å². The van der Waals surface area contributed by atoms with Gasteiger partial charge in [-0.1, -0.05) is 54.6 Å². The second-order valence-corrected chi connectivity index (χ2v) is 4.95. The Kier molecular flexibility index (Phi) is 3.26. The van der Waals surface area contributed by atoms with Gasteiger partial charge in [-0.2, -0.15) is 0 Å². The van der Waals surface area contributed by atoms with E-state index in [1.165, 1.54) is 5.56 Å². The molecule has 0 saturated heterocycles. The highest BCUT2D eigenvalue weighted by molar-refractivity contribution is 5.82. The summed E-state index contributed by atoms with van der Waals surface area (Å²) in [6, 6.07) is 20.9. The van der Waals surface area contributed by atoms with Crippen LogP contribution in [0.25, 0.3) is 11.3 Å². The van der Waals surface area contributed by atoms with Gasteiger partial charge in [0.15, 0.2) is 0 Å². The Bertz CT molecular complexity index is 719. The van der Waals surface area contributed by atoms with E-state index in [1.54, 1.807) is 0 Å². The van der Waals surface area contributed by atoms with Crippen molar-refractivity contribution < 1.29 is 0 Å². The lowest BCUT2D eigenvalue weighted by atomic mass is 9.97. The van der Waals surface area contributed by atoms with Gasteiger partial charge in [0.2, 0.25) is 0 Å². The van der Waals surface area contributed by atoms with Crippen molar-refractivity contribution in [2.24, 2.45) is 0 Å². The highest BCUT2D eigenvalue weighted by Crippen LogP contribution is 2.27. The molecule has 2 aromatic carbocycles. The second kappa shape index (κ2) is 5.22. The molecule has 3 aromatic rings. The predicted octanol–water partition coefficient (Wildman–Crippen LogP) is 4.85. The number of nitrogens with zero attached hydrogens (tertiary/aromatic N) is 1. The van der Waals surface area contributed by atoms with Crippen LogP contribution < -0.4 is 0 Å². The summed E-state index contributed by atoms with van der Waals surface area (Å²) in [7, 11) is 0. The first kappa shape index (κ1) is 12.5. The molecule has 98 valence electrons. The number of para-hydroxylation sites is 1. The third kappa shape index (κ3) is 2.30. The SMILES string of the molecule is C=C(c1ccc(C)cc1)c1ccccc1-n1cccc1. The zero-order chi connectivity index (χ0) is 13.9. The summed E-state index contributed by atoms with van der Waals surface area (Å²) in [5.74, 6) is 0. The molecular weight excluding hydrogens is 242 g/mol. The molecule has 0 atom stereocenters. The molecule has 0 unspecified atom stereocenters. The van der Waals surface area contributed by atoms with Crippen LogP contribution in [0.1, 0.15) is 16.7 Å². The van der Waals surface area contributed by atoms with E-state index in [0.29, 0.717) is 0 Å². The minimum absolute atomic E-state index is 1.05. The average Bonchev–Trinajstić information content (AvgIpc) is 3.01. The molecule has 1 aromatic heterocycles. The van der Waals surface area contributed by atoms with Gasteiger partial charge in [0.25, 0.3) is 0 Å². The standard InChI is InChI=1S/C19H17N/c1-15-9-11-17(12-10-15)16(2)18-7-3-4-8-19(18)20-13-5-6-14-20/h3-14H,2H2,1H3. The lowest BCUT2D eigenvalue weighted by molar-refractivity contribution is 1.07. The van der Waals surface area contributed by atoms with Crippen LogP contribution in [0.5, 0.6) is 0 Å². The van der Waals surface area contributed by atoms with Crippen LogP contribution >= 0.6 is 0 Å². The minimum Gasteiger partial charge on any atom is -0.323 e. The molecule has 0 aliphatic heterocycles. The molecule has 0 spiro atoms. The summed E-state index contributed by atoms with van der Waals surface area (Å²) in [5, 5.41) is 0. The zero-order valence-corrected chi connectivity index (χ0v) is 11.6. The van der Waals surface area contributed by atoms with Crippen molar-refractivity contribution in [3.63, 3.8) is 0 Å². The van der Waals surface area contributed by atoms with E-state index >= 15 is 0 Å². The van der Waals surface area contributed by atoms with Crippen LogP contribution in [-0.4, -0.2) is 4.57 Å². The normalized spacial score (nSPS) is 10.4. The Hall–Kier alpha value is -2.54. The highest BCUT2D eigenvalue weighted by Gasteiger charge is 2.08. The van der Waals surface area contributed by atoms with E-state index in [0.717, 1.165) is 22.4 Å². The molecule has 20 heavy (non-hydrogen) atoms. The van der Waals surface area contributed by atoms with E-state index in [1.807, 2.05) is 12.1 Å². The van der Waals surface area contributed by atoms with Gasteiger partial charge in [-0.3, -0.25) is 0 Å². The molecule has 0 saturated carbocycles. The smallest absolute Gasteiger partial charge is 0.0527 e. The van der Waals surface area contributed by atoms with Crippen LogP contribution in [-0.2, 0) is 0 Å². The topological polar surface area (TPSA) is 4.93 Å². The van der Waals surface area contributed by atoms with Crippen molar-refractivity contribution in [1.82, 2.24) is 4.57 Å². The first-order chi connectivity index (χ1) is 9.75. The van der Waals surface area contributed by atoms with Gasteiger partial charge in [-0.25, -0.2) is 0 Å². The maximum Gasteiger partial charge on any atom is 0.0527 e. The lowest BCUT2D eigenvalue weighted by Gasteiger charge is -2.13. The fourth-order valence-electron chi connectivity index (χ4n) is 2.36. The molecule has 0 amide bonds. The number of rotatable bonds is 3. The molecule has 0 bridgehead atoms. The van der Waals surface area contributed by atoms with Crippen LogP contribution in [0.2, 0.25) is 0 Å². The van der Waals surface area contributed by atoms with Gasteiger partial charge in [0.1, 0.15) is 0 Å². The van der Waals surface area contributed by atoms with E-state index in [2.05, 4.69) is 79.0 Å². The molecule has 0 aliphatic carbocycles. The molecule has 0 fully saturated rings.